The third-order valence-electron chi connectivity index (χ3n) is 6.28. The summed E-state index contributed by atoms with van der Waals surface area (Å²) in [4.78, 5) is 0. The van der Waals surface area contributed by atoms with Gasteiger partial charge in [-0.3, -0.25) is 0 Å². The molecule has 4 atom stereocenters. The summed E-state index contributed by atoms with van der Waals surface area (Å²) in [5, 5.41) is 0. The Morgan fingerprint density at radius 1 is 1.00 bits per heavy atom. The van der Waals surface area contributed by atoms with Gasteiger partial charge in [0.05, 0.1) is 0 Å². The molecule has 2 heteroatoms. The van der Waals surface area contributed by atoms with Gasteiger partial charge in [-0.2, -0.15) is 0 Å². The zero-order valence-electron chi connectivity index (χ0n) is 14.1. The lowest BCUT2D eigenvalue weighted by molar-refractivity contribution is 0.176. The zero-order valence-corrected chi connectivity index (χ0v) is 18.4. The van der Waals surface area contributed by atoms with Crippen molar-refractivity contribution in [1.29, 1.82) is 0 Å². The minimum Gasteiger partial charge on any atom is -0.0826 e. The summed E-state index contributed by atoms with van der Waals surface area (Å²) >= 11 is 5.41. The van der Waals surface area contributed by atoms with Gasteiger partial charge in [-0.1, -0.05) is 104 Å². The minimum absolute atomic E-state index is 0.580. The molecule has 0 aromatic heterocycles. The highest BCUT2D eigenvalue weighted by Gasteiger charge is 2.34. The van der Waals surface area contributed by atoms with E-state index < -0.39 is 0 Å². The van der Waals surface area contributed by atoms with Gasteiger partial charge >= 0.3 is 0 Å². The van der Waals surface area contributed by atoms with Crippen molar-refractivity contribution in [3.63, 3.8) is 0 Å². The maximum absolute atomic E-state index is 2.71. The number of rotatable bonds is 6. The van der Waals surface area contributed by atoms with Crippen LogP contribution in [0.25, 0.3) is 0 Å². The Hall–Kier alpha value is 1.46. The summed E-state index contributed by atoms with van der Waals surface area (Å²) in [6, 6.07) is 0. The van der Waals surface area contributed by atoms with E-state index in [1.54, 1.807) is 0 Å². The van der Waals surface area contributed by atoms with Crippen molar-refractivity contribution in [3.8, 4) is 0 Å². The Kier molecular flexibility index (Phi) is 8.12. The topological polar surface area (TPSA) is 0 Å². The van der Waals surface area contributed by atoms with Crippen molar-refractivity contribution in [2.45, 2.75) is 98.7 Å². The third-order valence-corrected chi connectivity index (χ3v) is 8.92. The molecular weight excluding hydrogens is 482 g/mol. The summed E-state index contributed by atoms with van der Waals surface area (Å²) in [7, 11) is 0. The van der Waals surface area contributed by atoms with Crippen LogP contribution >= 0.6 is 45.2 Å². The van der Waals surface area contributed by atoms with E-state index in [1.165, 1.54) is 77.0 Å². The monoisotopic (exact) mass is 516 g/mol. The van der Waals surface area contributed by atoms with Crippen LogP contribution in [0.15, 0.2) is 0 Å². The molecule has 1 unspecified atom stereocenters. The smallest absolute Gasteiger partial charge is 0.0135 e. The van der Waals surface area contributed by atoms with Crippen molar-refractivity contribution >= 4 is 45.2 Å². The van der Waals surface area contributed by atoms with E-state index in [-0.39, 0.29) is 0 Å². The van der Waals surface area contributed by atoms with Gasteiger partial charge in [0.1, 0.15) is 0 Å². The maximum Gasteiger partial charge on any atom is 0.0135 e. The van der Waals surface area contributed by atoms with Gasteiger partial charge in [-0.25, -0.2) is 0 Å². The van der Waals surface area contributed by atoms with E-state index in [0.29, 0.717) is 5.41 Å². The Balaban J connectivity index is 1.85. The van der Waals surface area contributed by atoms with Gasteiger partial charge < -0.3 is 0 Å². The third kappa shape index (κ3) is 6.11. The molecule has 0 aromatic rings. The van der Waals surface area contributed by atoms with E-state index in [4.69, 9.17) is 0 Å². The lowest BCUT2D eigenvalue weighted by Gasteiger charge is -2.39. The molecule has 124 valence electrons. The second-order valence-electron chi connectivity index (χ2n) is 8.15. The SMILES string of the molecule is C[C@@H](I)[C@@](C)(CCC1CCCCC1)C[C@H]1CCCC(I)C1. The van der Waals surface area contributed by atoms with Crippen LogP contribution in [0.3, 0.4) is 0 Å². The van der Waals surface area contributed by atoms with Crippen LogP contribution in [0.2, 0.25) is 0 Å². The summed E-state index contributed by atoms with van der Waals surface area (Å²) in [6.07, 6.45) is 17.9. The molecule has 0 aromatic carbocycles. The molecule has 0 N–H and O–H groups in total. The first-order chi connectivity index (χ1) is 9.99. The highest BCUT2D eigenvalue weighted by Crippen LogP contribution is 2.45. The second-order valence-corrected chi connectivity index (χ2v) is 11.8. The molecule has 21 heavy (non-hydrogen) atoms. The predicted molar refractivity (Wildman–Crippen MR) is 112 cm³/mol. The van der Waals surface area contributed by atoms with Gasteiger partial charge in [0.2, 0.25) is 0 Å². The average Bonchev–Trinajstić information content (AvgIpc) is 2.46. The van der Waals surface area contributed by atoms with E-state index in [1.807, 2.05) is 0 Å². The molecule has 0 radical (unpaired) electrons. The van der Waals surface area contributed by atoms with Crippen LogP contribution in [0.5, 0.6) is 0 Å². The fourth-order valence-corrected chi connectivity index (χ4v) is 6.27. The van der Waals surface area contributed by atoms with E-state index in [9.17, 15) is 0 Å². The fraction of sp³-hybridized carbons (Fsp3) is 1.00. The van der Waals surface area contributed by atoms with Crippen molar-refractivity contribution < 1.29 is 0 Å². The van der Waals surface area contributed by atoms with Crippen molar-refractivity contribution in [2.24, 2.45) is 17.3 Å². The molecule has 0 aliphatic heterocycles. The second kappa shape index (κ2) is 9.08. The molecule has 0 heterocycles. The summed E-state index contributed by atoms with van der Waals surface area (Å²) in [6.45, 7) is 5.07. The first-order valence-corrected chi connectivity index (χ1v) is 11.8. The molecular formula is C19H34I2. The molecule has 0 saturated heterocycles. The molecule has 2 aliphatic rings. The van der Waals surface area contributed by atoms with Crippen LogP contribution in [0.4, 0.5) is 0 Å². The standard InChI is InChI=1S/C19H34I2/c1-15(20)19(2,12-11-16-7-4-3-5-8-16)14-17-9-6-10-18(21)13-17/h15-18H,3-14H2,1-2H3/t15-,17+,18?,19+/m1/s1. The van der Waals surface area contributed by atoms with Gasteiger partial charge in [0.15, 0.2) is 0 Å². The highest BCUT2D eigenvalue weighted by molar-refractivity contribution is 14.1. The van der Waals surface area contributed by atoms with Crippen LogP contribution in [-0.2, 0) is 0 Å². The Morgan fingerprint density at radius 3 is 2.29 bits per heavy atom. The number of hydrogen-bond donors (Lipinski definition) is 0. The first kappa shape index (κ1) is 18.8. The maximum atomic E-state index is 2.71. The lowest BCUT2D eigenvalue weighted by Crippen LogP contribution is -2.31. The number of halogens is 2. The first-order valence-electron chi connectivity index (χ1n) is 9.28. The van der Waals surface area contributed by atoms with E-state index in [0.717, 1.165) is 19.7 Å². The molecule has 0 bridgehead atoms. The fourth-order valence-electron chi connectivity index (χ4n) is 4.54. The molecule has 2 aliphatic carbocycles. The van der Waals surface area contributed by atoms with Crippen molar-refractivity contribution in [3.05, 3.63) is 0 Å². The molecule has 2 fully saturated rings. The molecule has 2 saturated carbocycles. The lowest BCUT2D eigenvalue weighted by atomic mass is 9.70. The van der Waals surface area contributed by atoms with Gasteiger partial charge in [-0.15, -0.1) is 0 Å². The molecule has 0 amide bonds. The minimum atomic E-state index is 0.580. The largest absolute Gasteiger partial charge is 0.0826 e. The van der Waals surface area contributed by atoms with Crippen LogP contribution in [-0.4, -0.2) is 7.85 Å². The van der Waals surface area contributed by atoms with E-state index >= 15 is 0 Å². The van der Waals surface area contributed by atoms with Gasteiger partial charge in [0.25, 0.3) is 0 Å². The van der Waals surface area contributed by atoms with Gasteiger partial charge in [-0.05, 0) is 49.4 Å². The van der Waals surface area contributed by atoms with Crippen LogP contribution in [0, 0.1) is 17.3 Å². The van der Waals surface area contributed by atoms with E-state index in [2.05, 4.69) is 59.0 Å². The Bertz CT molecular complexity index is 296. The normalized spacial score (nSPS) is 32.6. The average molecular weight is 516 g/mol. The number of hydrogen-bond acceptors (Lipinski definition) is 0. The predicted octanol–water partition coefficient (Wildman–Crippen LogP) is 7.56. The highest BCUT2D eigenvalue weighted by atomic mass is 127. The summed E-state index contributed by atoms with van der Waals surface area (Å²) < 4.78 is 1.77. The van der Waals surface area contributed by atoms with Gasteiger partial charge in [0, 0.05) is 7.85 Å². The van der Waals surface area contributed by atoms with Crippen molar-refractivity contribution in [1.82, 2.24) is 0 Å². The molecule has 0 spiro atoms. The Labute approximate surface area is 160 Å². The number of alkyl halides is 2. The van der Waals surface area contributed by atoms with Crippen LogP contribution < -0.4 is 0 Å². The quantitative estimate of drug-likeness (QED) is 0.253. The summed E-state index contributed by atoms with van der Waals surface area (Å²) in [5.41, 5.74) is 0.580. The summed E-state index contributed by atoms with van der Waals surface area (Å²) in [5.74, 6) is 2.06. The van der Waals surface area contributed by atoms with Crippen molar-refractivity contribution in [2.75, 3.05) is 0 Å². The van der Waals surface area contributed by atoms with Crippen LogP contribution in [0.1, 0.15) is 90.9 Å². The zero-order chi connectivity index (χ0) is 15.3. The molecule has 0 nitrogen and oxygen atoms in total. The Morgan fingerprint density at radius 2 is 1.67 bits per heavy atom. The molecule has 2 rings (SSSR count).